The van der Waals surface area contributed by atoms with Crippen molar-refractivity contribution in [3.63, 3.8) is 0 Å². The van der Waals surface area contributed by atoms with E-state index in [1.807, 2.05) is 54.6 Å². The lowest BCUT2D eigenvalue weighted by atomic mass is 9.87. The summed E-state index contributed by atoms with van der Waals surface area (Å²) in [5.41, 5.74) is 1.07. The maximum atomic E-state index is 11.0. The van der Waals surface area contributed by atoms with Gasteiger partial charge in [-0.15, -0.1) is 6.42 Å². The fourth-order valence-electron chi connectivity index (χ4n) is 2.76. The molecule has 0 radical (unpaired) electrons. The Morgan fingerprint density at radius 2 is 1.68 bits per heavy atom. The van der Waals surface area contributed by atoms with Crippen molar-refractivity contribution in [1.82, 2.24) is 0 Å². The van der Waals surface area contributed by atoms with Crippen molar-refractivity contribution in [3.8, 4) is 12.3 Å². The highest BCUT2D eigenvalue weighted by Gasteiger charge is 2.29. The van der Waals surface area contributed by atoms with Gasteiger partial charge in [0.05, 0.1) is 13.2 Å². The molecular weight excluding hydrogens is 274 g/mol. The van der Waals surface area contributed by atoms with Crippen LogP contribution in [0.2, 0.25) is 0 Å². The molecule has 1 aliphatic heterocycles. The average molecular weight is 293 g/mol. The van der Waals surface area contributed by atoms with E-state index in [1.165, 1.54) is 0 Å². The summed E-state index contributed by atoms with van der Waals surface area (Å²) in [7, 11) is 0. The minimum Gasteiger partial charge on any atom is -0.378 e. The van der Waals surface area contributed by atoms with Crippen molar-refractivity contribution in [1.29, 1.82) is 0 Å². The maximum Gasteiger partial charge on any atom is 0.176 e. The Bertz CT molecular complexity index is 671. The van der Waals surface area contributed by atoms with Crippen LogP contribution in [0.15, 0.2) is 54.6 Å². The summed E-state index contributed by atoms with van der Waals surface area (Å²) in [6, 6.07) is 17.2. The Morgan fingerprint density at radius 3 is 2.36 bits per heavy atom. The van der Waals surface area contributed by atoms with Crippen LogP contribution >= 0.6 is 0 Å². The van der Waals surface area contributed by atoms with E-state index in [9.17, 15) is 5.11 Å². The molecule has 3 rings (SSSR count). The first-order valence-corrected chi connectivity index (χ1v) is 7.43. The molecule has 1 saturated heterocycles. The summed E-state index contributed by atoms with van der Waals surface area (Å²) in [6.07, 6.45) is 5.67. The lowest BCUT2D eigenvalue weighted by Crippen LogP contribution is -2.36. The number of morpholine rings is 1. The molecule has 1 heterocycles. The lowest BCUT2D eigenvalue weighted by Gasteiger charge is -2.30. The second-order valence-corrected chi connectivity index (χ2v) is 5.37. The molecule has 1 unspecified atom stereocenters. The quantitative estimate of drug-likeness (QED) is 0.882. The molecule has 1 N–H and O–H groups in total. The zero-order chi connectivity index (χ0) is 15.4. The molecule has 0 aromatic heterocycles. The molecule has 2 aromatic carbocycles. The smallest absolute Gasteiger partial charge is 0.176 e. The van der Waals surface area contributed by atoms with E-state index < -0.39 is 5.60 Å². The largest absolute Gasteiger partial charge is 0.378 e. The van der Waals surface area contributed by atoms with Gasteiger partial charge in [0.15, 0.2) is 5.60 Å². The van der Waals surface area contributed by atoms with Gasteiger partial charge in [-0.1, -0.05) is 48.4 Å². The molecule has 0 aliphatic carbocycles. The van der Waals surface area contributed by atoms with Crippen LogP contribution < -0.4 is 4.90 Å². The van der Waals surface area contributed by atoms with E-state index >= 15 is 0 Å². The molecule has 3 nitrogen and oxygen atoms in total. The summed E-state index contributed by atoms with van der Waals surface area (Å²) >= 11 is 0. The van der Waals surface area contributed by atoms with Crippen molar-refractivity contribution in [2.45, 2.75) is 5.60 Å². The topological polar surface area (TPSA) is 32.7 Å². The number of hydrogen-bond acceptors (Lipinski definition) is 3. The summed E-state index contributed by atoms with van der Waals surface area (Å²) < 4.78 is 5.39. The van der Waals surface area contributed by atoms with Gasteiger partial charge in [0.2, 0.25) is 0 Å². The Balaban J connectivity index is 1.98. The van der Waals surface area contributed by atoms with Gasteiger partial charge in [0, 0.05) is 29.9 Å². The van der Waals surface area contributed by atoms with E-state index in [-0.39, 0.29) is 0 Å². The van der Waals surface area contributed by atoms with E-state index in [2.05, 4.69) is 10.8 Å². The van der Waals surface area contributed by atoms with E-state index in [1.54, 1.807) is 0 Å². The summed E-state index contributed by atoms with van der Waals surface area (Å²) in [5, 5.41) is 11.0. The number of ether oxygens (including phenoxy) is 1. The molecular formula is C19H19NO2. The van der Waals surface area contributed by atoms with Crippen LogP contribution in [0.4, 0.5) is 5.69 Å². The van der Waals surface area contributed by atoms with Crippen LogP contribution in [0.25, 0.3) is 0 Å². The van der Waals surface area contributed by atoms with Crippen LogP contribution in [0, 0.1) is 12.3 Å². The minimum absolute atomic E-state index is 0.705. The number of hydrogen-bond donors (Lipinski definition) is 1. The first-order valence-electron chi connectivity index (χ1n) is 7.43. The van der Waals surface area contributed by atoms with Crippen molar-refractivity contribution < 1.29 is 9.84 Å². The van der Waals surface area contributed by atoms with E-state index in [0.29, 0.717) is 11.1 Å². The first kappa shape index (κ1) is 14.6. The van der Waals surface area contributed by atoms with Gasteiger partial charge in [-0.3, -0.25) is 0 Å². The van der Waals surface area contributed by atoms with Gasteiger partial charge in [-0.2, -0.15) is 0 Å². The van der Waals surface area contributed by atoms with Crippen molar-refractivity contribution in [2.75, 3.05) is 31.2 Å². The van der Waals surface area contributed by atoms with Crippen molar-refractivity contribution in [3.05, 3.63) is 65.7 Å². The Labute approximate surface area is 131 Å². The molecule has 0 saturated carbocycles. The molecule has 3 heteroatoms. The lowest BCUT2D eigenvalue weighted by molar-refractivity contribution is 0.122. The molecule has 0 spiro atoms. The highest BCUT2D eigenvalue weighted by Crippen LogP contribution is 2.31. The van der Waals surface area contributed by atoms with Gasteiger partial charge < -0.3 is 14.7 Å². The normalized spacial score (nSPS) is 17.5. The number of aliphatic hydroxyl groups is 1. The number of nitrogens with zero attached hydrogens (tertiary/aromatic N) is 1. The zero-order valence-electron chi connectivity index (χ0n) is 12.4. The third-order valence-electron chi connectivity index (χ3n) is 4.04. The van der Waals surface area contributed by atoms with Gasteiger partial charge in [0.25, 0.3) is 0 Å². The molecule has 112 valence electrons. The third-order valence-corrected chi connectivity index (χ3v) is 4.04. The predicted molar refractivity (Wildman–Crippen MR) is 87.7 cm³/mol. The second kappa shape index (κ2) is 6.23. The Hall–Kier alpha value is -2.28. The standard InChI is InChI=1S/C19H19NO2/c1-2-19(21,16-7-4-3-5-8-16)17-9-6-10-18(15-17)20-11-13-22-14-12-20/h1,3-10,15,21H,11-14H2. The SMILES string of the molecule is C#CC(O)(c1ccccc1)c1cccc(N2CCOCC2)c1. The van der Waals surface area contributed by atoms with E-state index in [4.69, 9.17) is 11.2 Å². The summed E-state index contributed by atoms with van der Waals surface area (Å²) in [6.45, 7) is 3.15. The number of benzene rings is 2. The van der Waals surface area contributed by atoms with Crippen molar-refractivity contribution >= 4 is 5.69 Å². The van der Waals surface area contributed by atoms with Gasteiger partial charge in [-0.05, 0) is 12.1 Å². The molecule has 1 aliphatic rings. The molecule has 2 aromatic rings. The van der Waals surface area contributed by atoms with Crippen LogP contribution in [-0.2, 0) is 10.3 Å². The minimum atomic E-state index is -1.41. The maximum absolute atomic E-state index is 11.0. The summed E-state index contributed by atoms with van der Waals surface area (Å²) in [4.78, 5) is 2.24. The van der Waals surface area contributed by atoms with E-state index in [0.717, 1.165) is 32.0 Å². The van der Waals surface area contributed by atoms with Crippen LogP contribution in [0.5, 0.6) is 0 Å². The molecule has 1 fully saturated rings. The summed E-state index contributed by atoms with van der Waals surface area (Å²) in [5.74, 6) is 2.55. The van der Waals surface area contributed by atoms with Crippen LogP contribution in [0.3, 0.4) is 0 Å². The molecule has 0 amide bonds. The van der Waals surface area contributed by atoms with Gasteiger partial charge in [-0.25, -0.2) is 0 Å². The highest BCUT2D eigenvalue weighted by atomic mass is 16.5. The average Bonchev–Trinajstić information content (AvgIpc) is 2.62. The molecule has 1 atom stereocenters. The van der Waals surface area contributed by atoms with Gasteiger partial charge in [0.1, 0.15) is 0 Å². The Kier molecular flexibility index (Phi) is 4.15. The number of anilines is 1. The highest BCUT2D eigenvalue weighted by molar-refractivity contribution is 5.54. The fraction of sp³-hybridized carbons (Fsp3) is 0.263. The van der Waals surface area contributed by atoms with Gasteiger partial charge >= 0.3 is 0 Å². The molecule has 22 heavy (non-hydrogen) atoms. The third kappa shape index (κ3) is 2.71. The Morgan fingerprint density at radius 1 is 1.00 bits per heavy atom. The number of rotatable bonds is 3. The second-order valence-electron chi connectivity index (χ2n) is 5.37. The fourth-order valence-corrected chi connectivity index (χ4v) is 2.76. The monoisotopic (exact) mass is 293 g/mol. The van der Waals surface area contributed by atoms with Crippen molar-refractivity contribution in [2.24, 2.45) is 0 Å². The number of terminal acetylenes is 1. The van der Waals surface area contributed by atoms with Crippen LogP contribution in [-0.4, -0.2) is 31.4 Å². The predicted octanol–water partition coefficient (Wildman–Crippen LogP) is 2.39. The van der Waals surface area contributed by atoms with Crippen LogP contribution in [0.1, 0.15) is 11.1 Å². The zero-order valence-corrected chi connectivity index (χ0v) is 12.4. The molecule has 0 bridgehead atoms. The first-order chi connectivity index (χ1) is 10.7.